The average molecular weight is 364 g/mol. The Morgan fingerprint density at radius 2 is 2.08 bits per heavy atom. The summed E-state index contributed by atoms with van der Waals surface area (Å²) in [5.74, 6) is -4.40. The lowest BCUT2D eigenvalue weighted by atomic mass is 9.81. The molecular formula is C15H16F4N2O4. The van der Waals surface area contributed by atoms with Crippen molar-refractivity contribution in [2.24, 2.45) is 5.92 Å². The number of alkyl halides is 3. The van der Waals surface area contributed by atoms with Gasteiger partial charge in [-0.25, -0.2) is 9.18 Å². The summed E-state index contributed by atoms with van der Waals surface area (Å²) in [6.45, 7) is 1.14. The second-order valence-electron chi connectivity index (χ2n) is 5.49. The third kappa shape index (κ3) is 3.13. The molecule has 138 valence electrons. The maximum Gasteiger partial charge on any atom is 0.437 e. The normalized spacial score (nSPS) is 27.0. The molecule has 0 spiro atoms. The van der Waals surface area contributed by atoms with Crippen molar-refractivity contribution in [1.29, 1.82) is 0 Å². The summed E-state index contributed by atoms with van der Waals surface area (Å²) in [6, 6.07) is 1.47. The van der Waals surface area contributed by atoms with Gasteiger partial charge in [-0.3, -0.25) is 9.69 Å². The summed E-state index contributed by atoms with van der Waals surface area (Å²) < 4.78 is 59.0. The fourth-order valence-electron chi connectivity index (χ4n) is 2.78. The number of benzene rings is 1. The van der Waals surface area contributed by atoms with Crippen molar-refractivity contribution < 1.29 is 37.0 Å². The maximum absolute atomic E-state index is 13.6. The van der Waals surface area contributed by atoms with Gasteiger partial charge in [0.1, 0.15) is 11.7 Å². The van der Waals surface area contributed by atoms with E-state index in [4.69, 9.17) is 0 Å². The van der Waals surface area contributed by atoms with Crippen LogP contribution in [0.4, 0.5) is 22.4 Å². The Kier molecular flexibility index (Phi) is 4.94. The Morgan fingerprint density at radius 3 is 2.60 bits per heavy atom. The first-order valence-corrected chi connectivity index (χ1v) is 7.29. The molecule has 0 radical (unpaired) electrons. The van der Waals surface area contributed by atoms with Gasteiger partial charge in [-0.1, -0.05) is 12.1 Å². The molecule has 3 atom stereocenters. The molecule has 0 bridgehead atoms. The molecule has 10 heteroatoms. The smallest absolute Gasteiger partial charge is 0.437 e. The van der Waals surface area contributed by atoms with Crippen molar-refractivity contribution in [1.82, 2.24) is 10.2 Å². The summed E-state index contributed by atoms with van der Waals surface area (Å²) in [6.07, 6.45) is -5.36. The van der Waals surface area contributed by atoms with Gasteiger partial charge in [0.2, 0.25) is 0 Å². The molecule has 2 amide bonds. The molecule has 1 aromatic carbocycles. The number of halogens is 4. The van der Waals surface area contributed by atoms with Gasteiger partial charge in [0.05, 0.1) is 12.6 Å². The number of hydrogen-bond acceptors (Lipinski definition) is 4. The molecule has 1 aliphatic rings. The third-order valence-corrected chi connectivity index (χ3v) is 4.03. The minimum Gasteiger partial charge on any atom is -0.466 e. The zero-order chi connectivity index (χ0) is 19.0. The Hall–Kier alpha value is -2.36. The van der Waals surface area contributed by atoms with Crippen LogP contribution in [-0.2, 0) is 9.53 Å². The van der Waals surface area contributed by atoms with E-state index in [0.717, 1.165) is 12.1 Å². The molecule has 1 fully saturated rings. The molecule has 3 unspecified atom stereocenters. The van der Waals surface area contributed by atoms with Crippen LogP contribution in [0.1, 0.15) is 18.5 Å². The number of carbonyl (C=O) groups is 2. The molecule has 1 heterocycles. The Morgan fingerprint density at radius 1 is 1.44 bits per heavy atom. The van der Waals surface area contributed by atoms with E-state index >= 15 is 0 Å². The van der Waals surface area contributed by atoms with Crippen molar-refractivity contribution in [3.63, 3.8) is 0 Å². The lowest BCUT2D eigenvalue weighted by Crippen LogP contribution is -2.73. The number of nitrogens with one attached hydrogen (secondary N) is 1. The van der Waals surface area contributed by atoms with Crippen LogP contribution in [0.15, 0.2) is 24.3 Å². The number of carbonyl (C=O) groups excluding carboxylic acids is 2. The topological polar surface area (TPSA) is 78.9 Å². The van der Waals surface area contributed by atoms with Crippen LogP contribution in [0.5, 0.6) is 0 Å². The highest BCUT2D eigenvalue weighted by Gasteiger charge is 2.69. The van der Waals surface area contributed by atoms with E-state index in [2.05, 4.69) is 10.1 Å². The standard InChI is InChI=1S/C15H16F4N2O4/c1-3-25-12(22)10-11(8-5-4-6-9(16)7-8)20-13(23)21(2)14(10,24)15(17,18)19/h4-7,10-11,24H,3H2,1-2H3,(H,20,23). The highest BCUT2D eigenvalue weighted by atomic mass is 19.4. The average Bonchev–Trinajstić information content (AvgIpc) is 2.51. The van der Waals surface area contributed by atoms with Crippen molar-refractivity contribution in [2.45, 2.75) is 24.9 Å². The van der Waals surface area contributed by atoms with Crippen molar-refractivity contribution in [2.75, 3.05) is 13.7 Å². The van der Waals surface area contributed by atoms with Gasteiger partial charge in [0.15, 0.2) is 0 Å². The van der Waals surface area contributed by atoms with E-state index in [0.29, 0.717) is 7.05 Å². The minimum absolute atomic E-state index is 0.00954. The van der Waals surface area contributed by atoms with Gasteiger partial charge in [0.25, 0.3) is 5.72 Å². The summed E-state index contributed by atoms with van der Waals surface area (Å²) in [5, 5.41) is 12.5. The SMILES string of the molecule is CCOC(=O)C1C(c2cccc(F)c2)NC(=O)N(C)C1(O)C(F)(F)F. The number of ether oxygens (including phenoxy) is 1. The number of urea groups is 1. The zero-order valence-corrected chi connectivity index (χ0v) is 13.3. The van der Waals surface area contributed by atoms with Crippen molar-refractivity contribution >= 4 is 12.0 Å². The first-order chi connectivity index (χ1) is 11.5. The Bertz CT molecular complexity index is 682. The van der Waals surface area contributed by atoms with Gasteiger partial charge in [-0.2, -0.15) is 13.2 Å². The fourth-order valence-corrected chi connectivity index (χ4v) is 2.78. The molecule has 0 aliphatic carbocycles. The summed E-state index contributed by atoms with van der Waals surface area (Å²) >= 11 is 0. The van der Waals surface area contributed by atoms with E-state index in [9.17, 15) is 32.3 Å². The number of rotatable bonds is 3. The molecule has 1 saturated heterocycles. The molecule has 6 nitrogen and oxygen atoms in total. The van der Waals surface area contributed by atoms with Gasteiger partial charge in [-0.05, 0) is 24.6 Å². The van der Waals surface area contributed by atoms with E-state index in [-0.39, 0.29) is 17.1 Å². The van der Waals surface area contributed by atoms with E-state index in [1.165, 1.54) is 19.1 Å². The molecule has 25 heavy (non-hydrogen) atoms. The molecule has 2 rings (SSSR count). The molecule has 0 saturated carbocycles. The number of nitrogens with zero attached hydrogens (tertiary/aromatic N) is 1. The number of hydrogen-bond donors (Lipinski definition) is 2. The molecule has 1 aromatic rings. The van der Waals surface area contributed by atoms with Crippen LogP contribution in [0.3, 0.4) is 0 Å². The summed E-state index contributed by atoms with van der Waals surface area (Å²) in [5.41, 5.74) is -3.93. The maximum atomic E-state index is 13.6. The van der Waals surface area contributed by atoms with Crippen LogP contribution in [0.25, 0.3) is 0 Å². The van der Waals surface area contributed by atoms with E-state index in [1.807, 2.05) is 0 Å². The van der Waals surface area contributed by atoms with Gasteiger partial charge in [0, 0.05) is 7.05 Å². The first kappa shape index (κ1) is 19.0. The second-order valence-corrected chi connectivity index (χ2v) is 5.49. The van der Waals surface area contributed by atoms with E-state index in [1.54, 1.807) is 0 Å². The van der Waals surface area contributed by atoms with Crippen molar-refractivity contribution in [3.05, 3.63) is 35.6 Å². The molecule has 0 aromatic heterocycles. The van der Waals surface area contributed by atoms with Gasteiger partial charge in [-0.15, -0.1) is 0 Å². The first-order valence-electron chi connectivity index (χ1n) is 7.29. The van der Waals surface area contributed by atoms with Crippen LogP contribution < -0.4 is 5.32 Å². The lowest BCUT2D eigenvalue weighted by molar-refractivity contribution is -0.328. The van der Waals surface area contributed by atoms with Crippen LogP contribution in [0.2, 0.25) is 0 Å². The predicted molar refractivity (Wildman–Crippen MR) is 76.6 cm³/mol. The summed E-state index contributed by atoms with van der Waals surface area (Å²) in [4.78, 5) is 24.2. The van der Waals surface area contributed by atoms with Gasteiger partial charge < -0.3 is 15.2 Å². The molecular weight excluding hydrogens is 348 g/mol. The van der Waals surface area contributed by atoms with Crippen LogP contribution >= 0.6 is 0 Å². The number of aliphatic hydroxyl groups is 1. The van der Waals surface area contributed by atoms with Gasteiger partial charge >= 0.3 is 18.2 Å². The highest BCUT2D eigenvalue weighted by Crippen LogP contribution is 2.46. The largest absolute Gasteiger partial charge is 0.466 e. The summed E-state index contributed by atoms with van der Waals surface area (Å²) in [7, 11) is 0.705. The third-order valence-electron chi connectivity index (χ3n) is 4.03. The lowest BCUT2D eigenvalue weighted by Gasteiger charge is -2.49. The Labute approximate surface area is 140 Å². The zero-order valence-electron chi connectivity index (χ0n) is 13.3. The molecule has 1 aliphatic heterocycles. The number of amides is 2. The number of esters is 1. The monoisotopic (exact) mass is 364 g/mol. The highest BCUT2D eigenvalue weighted by molar-refractivity contribution is 5.83. The molecule has 2 N–H and O–H groups in total. The quantitative estimate of drug-likeness (QED) is 0.635. The predicted octanol–water partition coefficient (Wildman–Crippen LogP) is 1.95. The fraction of sp³-hybridized carbons (Fsp3) is 0.467. The second kappa shape index (κ2) is 6.51. The van der Waals surface area contributed by atoms with E-state index < -0.39 is 41.7 Å². The Balaban J connectivity index is 2.64. The van der Waals surface area contributed by atoms with Crippen molar-refractivity contribution in [3.8, 4) is 0 Å². The minimum atomic E-state index is -5.36. The van der Waals surface area contributed by atoms with Crippen LogP contribution in [0, 0.1) is 11.7 Å². The van der Waals surface area contributed by atoms with Crippen LogP contribution in [-0.4, -0.2) is 47.6 Å².